The van der Waals surface area contributed by atoms with E-state index in [1.807, 2.05) is 6.92 Å². The first-order chi connectivity index (χ1) is 17.4. The van der Waals surface area contributed by atoms with Crippen LogP contribution in [0.1, 0.15) is 18.1 Å². The predicted molar refractivity (Wildman–Crippen MR) is 152 cm³/mol. The van der Waals surface area contributed by atoms with Crippen LogP contribution in [0.25, 0.3) is 43.8 Å². The first-order valence-corrected chi connectivity index (χ1v) is 17.3. The van der Waals surface area contributed by atoms with Crippen LogP contribution in [-0.4, -0.2) is 18.8 Å². The van der Waals surface area contributed by atoms with Gasteiger partial charge in [-0.3, -0.25) is 0 Å². The van der Waals surface area contributed by atoms with Gasteiger partial charge in [0.05, 0.1) is 5.75 Å². The van der Waals surface area contributed by atoms with E-state index < -0.39 is 8.32 Å². The zero-order valence-corrected chi connectivity index (χ0v) is 27.1. The van der Waals surface area contributed by atoms with Crippen molar-refractivity contribution in [1.29, 1.82) is 0 Å². The molecule has 2 nitrogen and oxygen atoms in total. The molecule has 38 heavy (non-hydrogen) atoms. The zero-order valence-electron chi connectivity index (χ0n) is 22.1. The van der Waals surface area contributed by atoms with E-state index >= 15 is 0 Å². The minimum Gasteiger partial charge on any atom is -1.00 e. The smallest absolute Gasteiger partial charge is 0.188 e. The molecule has 0 aliphatic heterocycles. The summed E-state index contributed by atoms with van der Waals surface area (Å²) in [6.07, 6.45) is 0.917. The fraction of sp³-hybridized carbons (Fsp3) is 0.188. The van der Waals surface area contributed by atoms with Gasteiger partial charge in [-0.1, -0.05) is 112 Å². The van der Waals surface area contributed by atoms with Gasteiger partial charge in [-0.05, 0) is 54.4 Å². The first kappa shape index (κ1) is 30.6. The van der Waals surface area contributed by atoms with E-state index in [1.54, 1.807) is 0 Å². The van der Waals surface area contributed by atoms with E-state index in [-0.39, 0.29) is 31.6 Å². The van der Waals surface area contributed by atoms with Crippen LogP contribution in [0.2, 0.25) is 19.6 Å². The second-order valence-corrected chi connectivity index (χ2v) is 16.0. The molecule has 1 aliphatic carbocycles. The number of ether oxygens (including phenoxy) is 1. The van der Waals surface area contributed by atoms with Gasteiger partial charge < -0.3 is 34.0 Å². The quantitative estimate of drug-likeness (QED) is 0.165. The van der Waals surface area contributed by atoms with Crippen molar-refractivity contribution in [1.82, 2.24) is 0 Å². The molecule has 0 saturated carbocycles. The second-order valence-electron chi connectivity index (χ2n) is 10.1. The van der Waals surface area contributed by atoms with Crippen LogP contribution < -0.4 is 29.6 Å². The second kappa shape index (κ2) is 12.9. The van der Waals surface area contributed by atoms with E-state index in [9.17, 15) is 0 Å². The maximum Gasteiger partial charge on any atom is 0.188 e. The van der Waals surface area contributed by atoms with Crippen LogP contribution in [0.5, 0.6) is 5.75 Å². The van der Waals surface area contributed by atoms with Gasteiger partial charge in [0, 0.05) is 0 Å². The molecule has 0 aromatic heterocycles. The summed E-state index contributed by atoms with van der Waals surface area (Å²) in [4.78, 5) is 0. The van der Waals surface area contributed by atoms with E-state index in [0.717, 1.165) is 12.2 Å². The third kappa shape index (κ3) is 5.96. The van der Waals surface area contributed by atoms with Gasteiger partial charge in [-0.15, -0.1) is 0 Å². The Morgan fingerprint density at radius 3 is 1.95 bits per heavy atom. The van der Waals surface area contributed by atoms with Crippen molar-refractivity contribution in [3.05, 3.63) is 96.1 Å². The number of halogens is 2. The van der Waals surface area contributed by atoms with Crippen molar-refractivity contribution in [3.8, 4) is 28.0 Å². The summed E-state index contributed by atoms with van der Waals surface area (Å²) in [5.74, 6) is 0.904. The van der Waals surface area contributed by atoms with Gasteiger partial charge in [0.25, 0.3) is 0 Å². The van der Waals surface area contributed by atoms with Gasteiger partial charge in [0.1, 0.15) is 0 Å². The van der Waals surface area contributed by atoms with E-state index in [2.05, 4.69) is 108 Å². The summed E-state index contributed by atoms with van der Waals surface area (Å²) in [5.41, 5.74) is 7.86. The number of benzene rings is 4. The molecule has 0 atom stereocenters. The van der Waals surface area contributed by atoms with Crippen molar-refractivity contribution in [2.45, 2.75) is 33.0 Å². The Balaban J connectivity index is 0.000000766. The minimum atomic E-state index is -1.68. The maximum atomic E-state index is 6.37. The Labute approximate surface area is 254 Å². The van der Waals surface area contributed by atoms with E-state index in [1.165, 1.54) is 79.2 Å². The molecule has 0 amide bonds. The van der Waals surface area contributed by atoms with Gasteiger partial charge in [-0.2, -0.15) is 0 Å². The zero-order chi connectivity index (χ0) is 25.3. The summed E-state index contributed by atoms with van der Waals surface area (Å²) >= 11 is 1.51. The molecule has 1 aliphatic rings. The number of hydrogen-bond acceptors (Lipinski definition) is 2. The maximum absolute atomic E-state index is 6.37. The molecule has 0 unspecified atom stereocenters. The third-order valence-corrected chi connectivity index (χ3v) is 7.57. The van der Waals surface area contributed by atoms with Gasteiger partial charge in [-0.25, -0.2) is 0 Å². The summed E-state index contributed by atoms with van der Waals surface area (Å²) in [5, 5.41) is 5.14. The predicted octanol–water partition coefficient (Wildman–Crippen LogP) is 2.50. The molecule has 0 N–H and O–H groups in total. The molecule has 5 aromatic rings. The van der Waals surface area contributed by atoms with Crippen molar-refractivity contribution in [2.24, 2.45) is 0 Å². The molecule has 0 fully saturated rings. The monoisotopic (exact) mass is 635 g/mol. The Kier molecular flexibility index (Phi) is 10.4. The number of hydrogen-bond donors (Lipinski definition) is 0. The van der Waals surface area contributed by atoms with Gasteiger partial charge in [0.2, 0.25) is 0 Å². The van der Waals surface area contributed by atoms with Crippen LogP contribution in [0, 0.1) is 0 Å². The van der Waals surface area contributed by atoms with Crippen LogP contribution in [0.3, 0.4) is 0 Å². The third-order valence-electron chi connectivity index (χ3n) is 6.59. The van der Waals surface area contributed by atoms with Crippen molar-refractivity contribution in [2.75, 3.05) is 6.79 Å². The summed E-state index contributed by atoms with van der Waals surface area (Å²) in [7, 11) is -1.68. The van der Waals surface area contributed by atoms with Crippen molar-refractivity contribution in [3.63, 3.8) is 0 Å². The first-order valence-electron chi connectivity index (χ1n) is 12.5. The normalized spacial score (nSPS) is 11.5. The average Bonchev–Trinajstić information content (AvgIpc) is 3.40. The van der Waals surface area contributed by atoms with Crippen molar-refractivity contribution < 1.29 is 58.2 Å². The number of rotatable bonds is 5. The SMILES string of the molecule is C[CH]=[Zr+2].C[Si](C)(C)OCOc1ccc2c(c1-[c-]1c3ccccc3c3ccccc31)Cc1ccccc1-2.[Cl-].[Cl-]. The topological polar surface area (TPSA) is 18.5 Å². The van der Waals surface area contributed by atoms with Crippen LogP contribution in [-0.2, 0) is 35.1 Å². The standard InChI is InChI=1S/C30H27O2Si.C2H4.2ClH.Zr/c1-33(2,3)32-19-31-28-17-16-24-21-11-5-4-10-20(21)18-27(24)30(28)29-25-14-8-6-12-22(25)23-13-7-9-15-26(23)29;1-2;;;/h4-17H,18-19H2,1-3H3;1H,2H3;2*1H;/q-1;;;;+2/p-2. The fourth-order valence-electron chi connectivity index (χ4n) is 5.14. The largest absolute Gasteiger partial charge is 1.00 e. The Morgan fingerprint density at radius 2 is 1.34 bits per heavy atom. The Hall–Kier alpha value is -1.94. The molecule has 194 valence electrons. The molecular weight excluding hydrogens is 607 g/mol. The molecular formula is C32H31Cl2O2SiZr-. The molecule has 0 bridgehead atoms. The molecule has 0 radical (unpaired) electrons. The molecule has 0 heterocycles. The summed E-state index contributed by atoms with van der Waals surface area (Å²) in [6, 6.07) is 30.6. The van der Waals surface area contributed by atoms with Gasteiger partial charge >= 0.3 is 34.9 Å². The molecule has 0 spiro atoms. The minimum absolute atomic E-state index is 0. The van der Waals surface area contributed by atoms with Crippen molar-refractivity contribution >= 4 is 33.6 Å². The van der Waals surface area contributed by atoms with Gasteiger partial charge in [0.15, 0.2) is 15.1 Å². The Bertz CT molecular complexity index is 1520. The fourth-order valence-corrected chi connectivity index (χ4v) is 5.55. The molecule has 5 aromatic carbocycles. The van der Waals surface area contributed by atoms with E-state index in [0.29, 0.717) is 0 Å². The Morgan fingerprint density at radius 1 is 0.789 bits per heavy atom. The molecule has 6 heteroatoms. The van der Waals surface area contributed by atoms with Crippen LogP contribution in [0.4, 0.5) is 0 Å². The summed E-state index contributed by atoms with van der Waals surface area (Å²) < 4.78 is 14.5. The number of fused-ring (bicyclic) bond motifs is 6. The van der Waals surface area contributed by atoms with Crippen LogP contribution in [0.15, 0.2) is 84.9 Å². The van der Waals surface area contributed by atoms with E-state index in [4.69, 9.17) is 9.16 Å². The van der Waals surface area contributed by atoms with Crippen LogP contribution >= 0.6 is 0 Å². The molecule has 0 saturated heterocycles. The molecule has 6 rings (SSSR count). The summed E-state index contributed by atoms with van der Waals surface area (Å²) in [6.45, 7) is 8.89. The average molecular weight is 638 g/mol.